The first-order chi connectivity index (χ1) is 13.5. The van der Waals surface area contributed by atoms with Crippen LogP contribution in [0.5, 0.6) is 0 Å². The van der Waals surface area contributed by atoms with Gasteiger partial charge in [-0.05, 0) is 36.8 Å². The van der Waals surface area contributed by atoms with E-state index in [1.54, 1.807) is 15.0 Å². The number of halogens is 1. The molecule has 0 aliphatic carbocycles. The van der Waals surface area contributed by atoms with Crippen molar-refractivity contribution in [2.75, 3.05) is 7.11 Å². The van der Waals surface area contributed by atoms with E-state index in [0.29, 0.717) is 39.5 Å². The van der Waals surface area contributed by atoms with Crippen molar-refractivity contribution in [3.8, 4) is 0 Å². The third-order valence-corrected chi connectivity index (χ3v) is 5.11. The van der Waals surface area contributed by atoms with E-state index in [2.05, 4.69) is 4.98 Å². The largest absolute Gasteiger partial charge is 0.468 e. The minimum absolute atomic E-state index is 0.0298. The van der Waals surface area contributed by atoms with Crippen LogP contribution in [0.25, 0.3) is 16.8 Å². The summed E-state index contributed by atoms with van der Waals surface area (Å²) >= 11 is 6.11. The predicted molar refractivity (Wildman–Crippen MR) is 108 cm³/mol. The van der Waals surface area contributed by atoms with Gasteiger partial charge in [0.25, 0.3) is 5.56 Å². The number of esters is 1. The number of hydrogen-bond donors (Lipinski definition) is 0. The first kappa shape index (κ1) is 18.3. The summed E-state index contributed by atoms with van der Waals surface area (Å²) in [6.07, 6.45) is 0.398. The predicted octanol–water partition coefficient (Wildman–Crippen LogP) is 3.37. The molecule has 6 nitrogen and oxygen atoms in total. The van der Waals surface area contributed by atoms with Gasteiger partial charge in [-0.3, -0.25) is 9.59 Å². The first-order valence-electron chi connectivity index (χ1n) is 8.80. The van der Waals surface area contributed by atoms with Crippen LogP contribution >= 0.6 is 11.6 Å². The molecule has 0 saturated carbocycles. The molecule has 4 aromatic rings. The van der Waals surface area contributed by atoms with Gasteiger partial charge in [0.2, 0.25) is 5.78 Å². The van der Waals surface area contributed by atoms with E-state index in [4.69, 9.17) is 16.3 Å². The first-order valence-corrected chi connectivity index (χ1v) is 9.18. The molecule has 0 radical (unpaired) electrons. The standard InChI is InChI=1S/C21H18ClN3O3/c1-13-16(11-14-6-5-7-15(22)10-14)20(27)25-18-9-4-3-8-17(18)23-21(25)24(13)12-19(26)28-2/h3-10H,11-12H2,1-2H3. The summed E-state index contributed by atoms with van der Waals surface area (Å²) in [6.45, 7) is 1.79. The van der Waals surface area contributed by atoms with Crippen molar-refractivity contribution in [2.45, 2.75) is 19.9 Å². The van der Waals surface area contributed by atoms with Crippen molar-refractivity contribution < 1.29 is 9.53 Å². The number of carbonyl (C=O) groups excluding carboxylic acids is 1. The maximum atomic E-state index is 13.4. The topological polar surface area (TPSA) is 65.6 Å². The number of methoxy groups -OCH3 is 1. The number of ether oxygens (including phenoxy) is 1. The fraction of sp³-hybridized carbons (Fsp3) is 0.190. The average molecular weight is 396 g/mol. The molecule has 0 N–H and O–H groups in total. The van der Waals surface area contributed by atoms with Crippen LogP contribution in [-0.4, -0.2) is 27.0 Å². The van der Waals surface area contributed by atoms with Crippen molar-refractivity contribution >= 4 is 34.4 Å². The molecule has 2 heterocycles. The number of imidazole rings is 1. The van der Waals surface area contributed by atoms with E-state index in [9.17, 15) is 9.59 Å². The molecule has 2 aromatic heterocycles. The van der Waals surface area contributed by atoms with Gasteiger partial charge in [-0.15, -0.1) is 0 Å². The summed E-state index contributed by atoms with van der Waals surface area (Å²) in [6, 6.07) is 14.8. The molecule has 0 fully saturated rings. The highest BCUT2D eigenvalue weighted by Gasteiger charge is 2.20. The smallest absolute Gasteiger partial charge is 0.325 e. The summed E-state index contributed by atoms with van der Waals surface area (Å²) < 4.78 is 8.13. The molecular weight excluding hydrogens is 378 g/mol. The molecule has 4 rings (SSSR count). The zero-order valence-corrected chi connectivity index (χ0v) is 16.2. The van der Waals surface area contributed by atoms with Crippen LogP contribution in [0.4, 0.5) is 0 Å². The van der Waals surface area contributed by atoms with Gasteiger partial charge in [-0.25, -0.2) is 9.38 Å². The minimum atomic E-state index is -0.408. The lowest BCUT2D eigenvalue weighted by molar-refractivity contribution is -0.141. The second-order valence-corrected chi connectivity index (χ2v) is 7.01. The number of benzene rings is 2. The number of para-hydroxylation sites is 2. The zero-order valence-electron chi connectivity index (χ0n) is 15.5. The van der Waals surface area contributed by atoms with Gasteiger partial charge in [0, 0.05) is 22.7 Å². The Kier molecular flexibility index (Phi) is 4.65. The molecule has 0 aliphatic rings. The molecule has 28 heavy (non-hydrogen) atoms. The second kappa shape index (κ2) is 7.13. The highest BCUT2D eigenvalue weighted by molar-refractivity contribution is 6.30. The molecule has 0 bridgehead atoms. The van der Waals surface area contributed by atoms with Crippen LogP contribution in [0.1, 0.15) is 16.8 Å². The number of hydrogen-bond acceptors (Lipinski definition) is 4. The van der Waals surface area contributed by atoms with Gasteiger partial charge < -0.3 is 9.30 Å². The molecule has 142 valence electrons. The number of rotatable bonds is 4. The molecular formula is C21H18ClN3O3. The molecule has 0 aliphatic heterocycles. The maximum absolute atomic E-state index is 13.4. The van der Waals surface area contributed by atoms with E-state index >= 15 is 0 Å². The molecule has 0 unspecified atom stereocenters. The van der Waals surface area contributed by atoms with Crippen LogP contribution in [0.2, 0.25) is 5.02 Å². The molecule has 0 atom stereocenters. The third kappa shape index (κ3) is 3.05. The van der Waals surface area contributed by atoms with Gasteiger partial charge in [0.15, 0.2) is 0 Å². The lowest BCUT2D eigenvalue weighted by Crippen LogP contribution is -2.27. The Morgan fingerprint density at radius 1 is 1.18 bits per heavy atom. The van der Waals surface area contributed by atoms with E-state index in [1.807, 2.05) is 49.4 Å². The average Bonchev–Trinajstić information content (AvgIpc) is 3.08. The number of carbonyl (C=O) groups is 1. The monoisotopic (exact) mass is 395 g/mol. The van der Waals surface area contributed by atoms with E-state index in [0.717, 1.165) is 5.56 Å². The number of fused-ring (bicyclic) bond motifs is 3. The third-order valence-electron chi connectivity index (χ3n) is 4.87. The normalized spacial score (nSPS) is 11.2. The van der Waals surface area contributed by atoms with Crippen molar-refractivity contribution in [3.05, 3.63) is 80.7 Å². The number of nitrogens with zero attached hydrogens (tertiary/aromatic N) is 3. The van der Waals surface area contributed by atoms with Gasteiger partial charge in [-0.2, -0.15) is 0 Å². The summed E-state index contributed by atoms with van der Waals surface area (Å²) in [5.74, 6) is 0.0124. The summed E-state index contributed by atoms with van der Waals surface area (Å²) in [5.41, 5.74) is 3.43. The van der Waals surface area contributed by atoms with Gasteiger partial charge >= 0.3 is 5.97 Å². The van der Waals surface area contributed by atoms with Crippen LogP contribution in [-0.2, 0) is 22.5 Å². The Hall–Kier alpha value is -3.12. The van der Waals surface area contributed by atoms with Crippen LogP contribution in [0.3, 0.4) is 0 Å². The Morgan fingerprint density at radius 2 is 1.96 bits per heavy atom. The fourth-order valence-corrected chi connectivity index (χ4v) is 3.65. The summed E-state index contributed by atoms with van der Waals surface area (Å²) in [4.78, 5) is 30.0. The highest BCUT2D eigenvalue weighted by Crippen LogP contribution is 2.20. The van der Waals surface area contributed by atoms with E-state index < -0.39 is 5.97 Å². The molecule has 2 aromatic carbocycles. The van der Waals surface area contributed by atoms with Crippen molar-refractivity contribution in [1.29, 1.82) is 0 Å². The van der Waals surface area contributed by atoms with Gasteiger partial charge in [-0.1, -0.05) is 35.9 Å². The van der Waals surface area contributed by atoms with Crippen LogP contribution < -0.4 is 5.56 Å². The number of aromatic nitrogens is 3. The quantitative estimate of drug-likeness (QED) is 0.497. The zero-order chi connectivity index (χ0) is 19.8. The molecule has 0 saturated heterocycles. The van der Waals surface area contributed by atoms with Crippen molar-refractivity contribution in [3.63, 3.8) is 0 Å². The van der Waals surface area contributed by atoms with Crippen LogP contribution in [0.15, 0.2) is 53.3 Å². The Bertz CT molecular complexity index is 1270. The van der Waals surface area contributed by atoms with Crippen LogP contribution in [0, 0.1) is 6.92 Å². The van der Waals surface area contributed by atoms with Crippen molar-refractivity contribution in [1.82, 2.24) is 14.0 Å². The summed E-state index contributed by atoms with van der Waals surface area (Å²) in [5, 5.41) is 0.610. The lowest BCUT2D eigenvalue weighted by atomic mass is 10.0. The van der Waals surface area contributed by atoms with E-state index in [1.165, 1.54) is 7.11 Å². The highest BCUT2D eigenvalue weighted by atomic mass is 35.5. The van der Waals surface area contributed by atoms with Gasteiger partial charge in [0.05, 0.1) is 18.1 Å². The Balaban J connectivity index is 2.02. The summed E-state index contributed by atoms with van der Waals surface area (Å²) in [7, 11) is 1.34. The maximum Gasteiger partial charge on any atom is 0.325 e. The molecule has 0 spiro atoms. The molecule has 7 heteroatoms. The fourth-order valence-electron chi connectivity index (χ4n) is 3.43. The molecule has 0 amide bonds. The van der Waals surface area contributed by atoms with E-state index in [-0.39, 0.29) is 12.1 Å². The Labute approximate surface area is 166 Å². The van der Waals surface area contributed by atoms with Crippen molar-refractivity contribution in [2.24, 2.45) is 0 Å². The SMILES string of the molecule is COC(=O)Cn1c(C)c(Cc2cccc(Cl)c2)c(=O)n2c3ccccc3nc12. The minimum Gasteiger partial charge on any atom is -0.468 e. The van der Waals surface area contributed by atoms with Gasteiger partial charge in [0.1, 0.15) is 6.54 Å². The second-order valence-electron chi connectivity index (χ2n) is 6.57. The lowest BCUT2D eigenvalue weighted by Gasteiger charge is -2.15. The Morgan fingerprint density at radius 3 is 2.71 bits per heavy atom.